The highest BCUT2D eigenvalue weighted by Gasteiger charge is 1.97. The van der Waals surface area contributed by atoms with Gasteiger partial charge in [-0.3, -0.25) is 0 Å². The Kier molecular flexibility index (Phi) is 3.11. The molecule has 0 unspecified atom stereocenters. The number of aliphatic hydroxyl groups is 1. The first kappa shape index (κ1) is 8.27. The van der Waals surface area contributed by atoms with Gasteiger partial charge >= 0.3 is 0 Å². The number of H-pyrrole nitrogens is 1. The second-order valence-electron chi connectivity index (χ2n) is 2.62. The molecule has 0 aliphatic rings. The van der Waals surface area contributed by atoms with Gasteiger partial charge in [-0.15, -0.1) is 0 Å². The van der Waals surface area contributed by atoms with Crippen LogP contribution in [0.25, 0.3) is 0 Å². The molecule has 0 amide bonds. The summed E-state index contributed by atoms with van der Waals surface area (Å²) in [5, 5.41) is 8.68. The molecule has 0 bridgehead atoms. The summed E-state index contributed by atoms with van der Waals surface area (Å²) in [6.45, 7) is 2.16. The van der Waals surface area contributed by atoms with E-state index in [1.54, 1.807) is 6.20 Å². The minimum absolute atomic E-state index is 0.00608. The lowest BCUT2D eigenvalue weighted by Crippen LogP contribution is -1.87. The van der Waals surface area contributed by atoms with Gasteiger partial charge in [-0.05, 0) is 12.8 Å². The standard InChI is InChI=1S/C8H14N2O/c1-2-3-4-7-5-9-8(6-11)10-7/h5,11H,2-4,6H2,1H3,(H,9,10). The maximum atomic E-state index is 8.68. The zero-order valence-electron chi connectivity index (χ0n) is 6.80. The lowest BCUT2D eigenvalue weighted by atomic mass is 10.2. The first-order chi connectivity index (χ1) is 5.36. The number of aryl methyl sites for hydroxylation is 1. The number of hydrogen-bond acceptors (Lipinski definition) is 2. The van der Waals surface area contributed by atoms with Gasteiger partial charge in [0.05, 0.1) is 0 Å². The highest BCUT2D eigenvalue weighted by atomic mass is 16.3. The maximum absolute atomic E-state index is 8.68. The lowest BCUT2D eigenvalue weighted by molar-refractivity contribution is 0.272. The van der Waals surface area contributed by atoms with Crippen LogP contribution in [-0.2, 0) is 13.0 Å². The smallest absolute Gasteiger partial charge is 0.132 e. The number of hydrogen-bond donors (Lipinski definition) is 2. The molecule has 11 heavy (non-hydrogen) atoms. The minimum Gasteiger partial charge on any atom is -0.388 e. The van der Waals surface area contributed by atoms with E-state index in [2.05, 4.69) is 16.9 Å². The Morgan fingerprint density at radius 3 is 3.00 bits per heavy atom. The molecule has 3 nitrogen and oxygen atoms in total. The molecule has 62 valence electrons. The average Bonchev–Trinajstić information content (AvgIpc) is 2.48. The fourth-order valence-electron chi connectivity index (χ4n) is 0.980. The van der Waals surface area contributed by atoms with Crippen LogP contribution in [0.3, 0.4) is 0 Å². The van der Waals surface area contributed by atoms with Crippen LogP contribution in [0.4, 0.5) is 0 Å². The fraction of sp³-hybridized carbons (Fsp3) is 0.625. The molecule has 1 rings (SSSR count). The molecule has 0 fully saturated rings. The van der Waals surface area contributed by atoms with Crippen LogP contribution in [0.15, 0.2) is 6.20 Å². The van der Waals surface area contributed by atoms with E-state index in [9.17, 15) is 0 Å². The third kappa shape index (κ3) is 2.35. The Bertz CT molecular complexity index is 208. The molecule has 1 heterocycles. The highest BCUT2D eigenvalue weighted by Crippen LogP contribution is 2.01. The minimum atomic E-state index is 0.00608. The Balaban J connectivity index is 2.44. The molecule has 0 saturated carbocycles. The molecule has 0 aliphatic carbocycles. The van der Waals surface area contributed by atoms with Crippen molar-refractivity contribution in [3.63, 3.8) is 0 Å². The van der Waals surface area contributed by atoms with E-state index in [1.165, 1.54) is 12.8 Å². The van der Waals surface area contributed by atoms with Gasteiger partial charge in [0.2, 0.25) is 0 Å². The van der Waals surface area contributed by atoms with Crippen LogP contribution in [0.1, 0.15) is 31.3 Å². The summed E-state index contributed by atoms with van der Waals surface area (Å²) in [4.78, 5) is 7.02. The topological polar surface area (TPSA) is 48.9 Å². The molecule has 0 spiro atoms. The molecule has 0 saturated heterocycles. The number of nitrogens with one attached hydrogen (secondary N) is 1. The van der Waals surface area contributed by atoms with E-state index in [1.807, 2.05) is 0 Å². The van der Waals surface area contributed by atoms with Crippen molar-refractivity contribution in [2.45, 2.75) is 32.8 Å². The summed E-state index contributed by atoms with van der Waals surface area (Å²) in [5.41, 5.74) is 1.12. The van der Waals surface area contributed by atoms with E-state index < -0.39 is 0 Å². The average molecular weight is 154 g/mol. The zero-order chi connectivity index (χ0) is 8.10. The third-order valence-electron chi connectivity index (χ3n) is 1.63. The number of aromatic nitrogens is 2. The SMILES string of the molecule is CCCCc1cnc(CO)[nH]1. The summed E-state index contributed by atoms with van der Waals surface area (Å²) in [7, 11) is 0. The second kappa shape index (κ2) is 4.13. The molecular formula is C8H14N2O. The fourth-order valence-corrected chi connectivity index (χ4v) is 0.980. The maximum Gasteiger partial charge on any atom is 0.132 e. The first-order valence-corrected chi connectivity index (χ1v) is 4.00. The van der Waals surface area contributed by atoms with Crippen molar-refractivity contribution in [1.82, 2.24) is 9.97 Å². The van der Waals surface area contributed by atoms with Crippen molar-refractivity contribution < 1.29 is 5.11 Å². The second-order valence-corrected chi connectivity index (χ2v) is 2.62. The Morgan fingerprint density at radius 1 is 1.64 bits per heavy atom. The van der Waals surface area contributed by atoms with Crippen molar-refractivity contribution in [3.8, 4) is 0 Å². The van der Waals surface area contributed by atoms with Gasteiger partial charge in [-0.1, -0.05) is 13.3 Å². The number of rotatable bonds is 4. The van der Waals surface area contributed by atoms with Crippen molar-refractivity contribution in [2.75, 3.05) is 0 Å². The summed E-state index contributed by atoms with van der Waals surface area (Å²) in [6, 6.07) is 0. The van der Waals surface area contributed by atoms with Crippen LogP contribution >= 0.6 is 0 Å². The van der Waals surface area contributed by atoms with Gasteiger partial charge in [0, 0.05) is 11.9 Å². The first-order valence-electron chi connectivity index (χ1n) is 4.00. The Morgan fingerprint density at radius 2 is 2.45 bits per heavy atom. The quantitative estimate of drug-likeness (QED) is 0.685. The van der Waals surface area contributed by atoms with Crippen molar-refractivity contribution in [2.24, 2.45) is 0 Å². The summed E-state index contributed by atoms with van der Waals surface area (Å²) in [6.07, 6.45) is 5.19. The van der Waals surface area contributed by atoms with Crippen LogP contribution in [-0.4, -0.2) is 15.1 Å². The summed E-state index contributed by atoms with van der Waals surface area (Å²) in [5.74, 6) is 0.663. The van der Waals surface area contributed by atoms with Crippen LogP contribution in [0.2, 0.25) is 0 Å². The molecule has 2 N–H and O–H groups in total. The van der Waals surface area contributed by atoms with Crippen molar-refractivity contribution in [3.05, 3.63) is 17.7 Å². The molecular weight excluding hydrogens is 140 g/mol. The summed E-state index contributed by atoms with van der Waals surface area (Å²) >= 11 is 0. The monoisotopic (exact) mass is 154 g/mol. The highest BCUT2D eigenvalue weighted by molar-refractivity contribution is 5.00. The number of aliphatic hydroxyl groups excluding tert-OH is 1. The van der Waals surface area contributed by atoms with E-state index in [4.69, 9.17) is 5.11 Å². The van der Waals surface area contributed by atoms with Crippen molar-refractivity contribution >= 4 is 0 Å². The lowest BCUT2D eigenvalue weighted by Gasteiger charge is -1.92. The Hall–Kier alpha value is -0.830. The Labute approximate surface area is 66.5 Å². The van der Waals surface area contributed by atoms with Crippen LogP contribution in [0.5, 0.6) is 0 Å². The van der Waals surface area contributed by atoms with E-state index in [0.717, 1.165) is 12.1 Å². The largest absolute Gasteiger partial charge is 0.388 e. The van der Waals surface area contributed by atoms with Gasteiger partial charge in [0.25, 0.3) is 0 Å². The third-order valence-corrected chi connectivity index (χ3v) is 1.63. The predicted octanol–water partition coefficient (Wildman–Crippen LogP) is 1.24. The number of unbranched alkanes of at least 4 members (excludes halogenated alkanes) is 1. The molecule has 0 radical (unpaired) electrons. The zero-order valence-corrected chi connectivity index (χ0v) is 6.80. The number of nitrogens with zero attached hydrogens (tertiary/aromatic N) is 1. The van der Waals surface area contributed by atoms with Crippen LogP contribution < -0.4 is 0 Å². The summed E-state index contributed by atoms with van der Waals surface area (Å²) < 4.78 is 0. The van der Waals surface area contributed by atoms with Gasteiger partial charge < -0.3 is 10.1 Å². The van der Waals surface area contributed by atoms with E-state index >= 15 is 0 Å². The molecule has 1 aromatic rings. The van der Waals surface area contributed by atoms with Gasteiger partial charge in [0.1, 0.15) is 12.4 Å². The number of aromatic amines is 1. The number of imidazole rings is 1. The van der Waals surface area contributed by atoms with Gasteiger partial charge in [-0.2, -0.15) is 0 Å². The van der Waals surface area contributed by atoms with Gasteiger partial charge in [-0.25, -0.2) is 4.98 Å². The molecule has 0 aromatic carbocycles. The normalized spacial score (nSPS) is 10.4. The van der Waals surface area contributed by atoms with Crippen molar-refractivity contribution in [1.29, 1.82) is 0 Å². The molecule has 3 heteroatoms. The predicted molar refractivity (Wildman–Crippen MR) is 43.1 cm³/mol. The molecule has 0 atom stereocenters. The molecule has 0 aliphatic heterocycles. The molecule has 1 aromatic heterocycles. The van der Waals surface area contributed by atoms with Crippen LogP contribution in [0, 0.1) is 0 Å². The van der Waals surface area contributed by atoms with E-state index in [0.29, 0.717) is 5.82 Å². The van der Waals surface area contributed by atoms with E-state index in [-0.39, 0.29) is 6.61 Å². The van der Waals surface area contributed by atoms with Gasteiger partial charge in [0.15, 0.2) is 0 Å².